The van der Waals surface area contributed by atoms with Gasteiger partial charge in [-0.1, -0.05) is 37.5 Å². The summed E-state index contributed by atoms with van der Waals surface area (Å²) >= 11 is 0. The van der Waals surface area contributed by atoms with Gasteiger partial charge in [0, 0.05) is 18.8 Å². The summed E-state index contributed by atoms with van der Waals surface area (Å²) in [6.07, 6.45) is 6.37. The molecule has 1 rings (SSSR count). The quantitative estimate of drug-likeness (QED) is 0.687. The zero-order valence-corrected chi connectivity index (χ0v) is 13.6. The Morgan fingerprint density at radius 2 is 1.75 bits per heavy atom. The Hall–Kier alpha value is -1.02. The molecule has 20 heavy (non-hydrogen) atoms. The summed E-state index contributed by atoms with van der Waals surface area (Å²) in [5.74, 6) is 0.821. The van der Waals surface area contributed by atoms with Crippen LogP contribution in [0.25, 0.3) is 0 Å². The van der Waals surface area contributed by atoms with E-state index in [1.807, 2.05) is 0 Å². The monoisotopic (exact) mass is 276 g/mol. The maximum atomic E-state index is 5.71. The molecule has 0 heterocycles. The number of nitrogens with two attached hydrogens (primary N) is 1. The molecule has 0 saturated heterocycles. The molecule has 0 aliphatic heterocycles. The molecule has 0 aliphatic rings. The first kappa shape index (κ1) is 17.0. The lowest BCUT2D eigenvalue weighted by molar-refractivity contribution is 0.409. The molecule has 0 fully saturated rings. The topological polar surface area (TPSA) is 29.3 Å². The number of hydrogen-bond acceptors (Lipinski definition) is 2. The van der Waals surface area contributed by atoms with Crippen molar-refractivity contribution < 1.29 is 0 Å². The minimum Gasteiger partial charge on any atom is -0.372 e. The van der Waals surface area contributed by atoms with E-state index in [-0.39, 0.29) is 0 Å². The molecular weight excluding hydrogens is 244 g/mol. The Kier molecular flexibility index (Phi) is 8.36. The van der Waals surface area contributed by atoms with Crippen LogP contribution >= 0.6 is 0 Å². The first-order valence-corrected chi connectivity index (χ1v) is 8.22. The van der Waals surface area contributed by atoms with Gasteiger partial charge in [-0.05, 0) is 57.7 Å². The highest BCUT2D eigenvalue weighted by atomic mass is 15.1. The molecule has 0 spiro atoms. The molecule has 1 atom stereocenters. The zero-order valence-electron chi connectivity index (χ0n) is 13.6. The van der Waals surface area contributed by atoms with Gasteiger partial charge in [0.15, 0.2) is 0 Å². The number of nitrogens with zero attached hydrogens (tertiary/aromatic N) is 1. The van der Waals surface area contributed by atoms with Crippen LogP contribution in [-0.4, -0.2) is 19.6 Å². The van der Waals surface area contributed by atoms with Gasteiger partial charge in [0.1, 0.15) is 0 Å². The molecular formula is C18H32N2. The van der Waals surface area contributed by atoms with Crippen LogP contribution in [0, 0.1) is 12.8 Å². The first-order valence-electron chi connectivity index (χ1n) is 8.22. The lowest BCUT2D eigenvalue weighted by Gasteiger charge is -2.24. The fraction of sp³-hybridized carbons (Fsp3) is 0.667. The highest BCUT2D eigenvalue weighted by Gasteiger charge is 2.09. The van der Waals surface area contributed by atoms with Gasteiger partial charge >= 0.3 is 0 Å². The lowest BCUT2D eigenvalue weighted by atomic mass is 9.94. The van der Waals surface area contributed by atoms with Crippen molar-refractivity contribution in [1.29, 1.82) is 0 Å². The second kappa shape index (κ2) is 9.82. The molecule has 2 heteroatoms. The van der Waals surface area contributed by atoms with Crippen molar-refractivity contribution in [2.24, 2.45) is 11.7 Å². The number of anilines is 1. The average molecular weight is 276 g/mol. The molecule has 0 amide bonds. The fourth-order valence-corrected chi connectivity index (χ4v) is 2.87. The van der Waals surface area contributed by atoms with Crippen molar-refractivity contribution in [2.75, 3.05) is 24.5 Å². The second-order valence-corrected chi connectivity index (χ2v) is 5.79. The normalized spacial score (nSPS) is 12.4. The standard InChI is InChI=1S/C18H32N2/c1-4-7-17(13-14-19)8-6-15-20(5-2)18-11-9-16(3)10-12-18/h9-12,17H,4-8,13-15,19H2,1-3H3. The van der Waals surface area contributed by atoms with E-state index >= 15 is 0 Å². The molecule has 1 aromatic carbocycles. The minimum absolute atomic E-state index is 0.821. The van der Waals surface area contributed by atoms with Gasteiger partial charge in [-0.2, -0.15) is 0 Å². The molecule has 2 nitrogen and oxygen atoms in total. The molecule has 2 N–H and O–H groups in total. The van der Waals surface area contributed by atoms with Gasteiger partial charge in [-0.15, -0.1) is 0 Å². The Morgan fingerprint density at radius 1 is 1.05 bits per heavy atom. The second-order valence-electron chi connectivity index (χ2n) is 5.79. The predicted molar refractivity (Wildman–Crippen MR) is 90.4 cm³/mol. The van der Waals surface area contributed by atoms with E-state index in [0.29, 0.717) is 0 Å². The lowest BCUT2D eigenvalue weighted by Crippen LogP contribution is -2.24. The van der Waals surface area contributed by atoms with Crippen LogP contribution in [0.1, 0.15) is 51.5 Å². The number of hydrogen-bond donors (Lipinski definition) is 1. The minimum atomic E-state index is 0.821. The van der Waals surface area contributed by atoms with E-state index in [1.165, 1.54) is 43.4 Å². The molecule has 0 aromatic heterocycles. The molecule has 1 aromatic rings. The Bertz CT molecular complexity index is 339. The third-order valence-electron chi connectivity index (χ3n) is 4.09. The van der Waals surface area contributed by atoms with E-state index in [0.717, 1.165) is 25.6 Å². The summed E-state index contributed by atoms with van der Waals surface area (Å²) in [4.78, 5) is 2.48. The summed E-state index contributed by atoms with van der Waals surface area (Å²) < 4.78 is 0. The Balaban J connectivity index is 2.42. The van der Waals surface area contributed by atoms with Crippen molar-refractivity contribution in [3.63, 3.8) is 0 Å². The van der Waals surface area contributed by atoms with Gasteiger partial charge in [0.25, 0.3) is 0 Å². The van der Waals surface area contributed by atoms with E-state index in [2.05, 4.69) is 49.9 Å². The predicted octanol–water partition coefficient (Wildman–Crippen LogP) is 4.37. The van der Waals surface area contributed by atoms with Gasteiger partial charge in [0.2, 0.25) is 0 Å². The van der Waals surface area contributed by atoms with E-state index in [1.54, 1.807) is 0 Å². The van der Waals surface area contributed by atoms with Crippen LogP contribution in [0.15, 0.2) is 24.3 Å². The third-order valence-corrected chi connectivity index (χ3v) is 4.09. The van der Waals surface area contributed by atoms with Crippen LogP contribution < -0.4 is 10.6 Å². The highest BCUT2D eigenvalue weighted by molar-refractivity contribution is 5.47. The Labute approximate surface area is 125 Å². The zero-order chi connectivity index (χ0) is 14.8. The van der Waals surface area contributed by atoms with E-state index in [9.17, 15) is 0 Å². The van der Waals surface area contributed by atoms with Crippen molar-refractivity contribution in [1.82, 2.24) is 0 Å². The van der Waals surface area contributed by atoms with Gasteiger partial charge in [-0.25, -0.2) is 0 Å². The molecule has 0 radical (unpaired) electrons. The van der Waals surface area contributed by atoms with Crippen molar-refractivity contribution in [2.45, 2.75) is 52.9 Å². The number of rotatable bonds is 10. The van der Waals surface area contributed by atoms with Gasteiger partial charge in [-0.3, -0.25) is 0 Å². The summed E-state index contributed by atoms with van der Waals surface area (Å²) in [7, 11) is 0. The number of aryl methyl sites for hydroxylation is 1. The highest BCUT2D eigenvalue weighted by Crippen LogP contribution is 2.20. The van der Waals surface area contributed by atoms with Crippen LogP contribution in [0.4, 0.5) is 5.69 Å². The SMILES string of the molecule is CCCC(CCN)CCCN(CC)c1ccc(C)cc1. The van der Waals surface area contributed by atoms with E-state index in [4.69, 9.17) is 5.73 Å². The largest absolute Gasteiger partial charge is 0.372 e. The van der Waals surface area contributed by atoms with Crippen LogP contribution in [0.2, 0.25) is 0 Å². The number of benzene rings is 1. The summed E-state index contributed by atoms with van der Waals surface area (Å²) in [6, 6.07) is 8.88. The Morgan fingerprint density at radius 3 is 2.30 bits per heavy atom. The molecule has 0 bridgehead atoms. The first-order chi connectivity index (χ1) is 9.71. The van der Waals surface area contributed by atoms with Crippen LogP contribution in [0.5, 0.6) is 0 Å². The molecule has 0 aliphatic carbocycles. The van der Waals surface area contributed by atoms with Crippen LogP contribution in [-0.2, 0) is 0 Å². The smallest absolute Gasteiger partial charge is 0.0366 e. The van der Waals surface area contributed by atoms with E-state index < -0.39 is 0 Å². The summed E-state index contributed by atoms with van der Waals surface area (Å²) in [5.41, 5.74) is 8.39. The van der Waals surface area contributed by atoms with Crippen molar-refractivity contribution in [3.8, 4) is 0 Å². The summed E-state index contributed by atoms with van der Waals surface area (Å²) in [5, 5.41) is 0. The maximum Gasteiger partial charge on any atom is 0.0366 e. The van der Waals surface area contributed by atoms with Crippen LogP contribution in [0.3, 0.4) is 0 Å². The fourth-order valence-electron chi connectivity index (χ4n) is 2.87. The molecule has 1 unspecified atom stereocenters. The van der Waals surface area contributed by atoms with Gasteiger partial charge < -0.3 is 10.6 Å². The van der Waals surface area contributed by atoms with Crippen molar-refractivity contribution in [3.05, 3.63) is 29.8 Å². The van der Waals surface area contributed by atoms with Crippen molar-refractivity contribution >= 4 is 5.69 Å². The summed E-state index contributed by atoms with van der Waals surface area (Å²) in [6.45, 7) is 9.72. The molecule has 0 saturated carbocycles. The van der Waals surface area contributed by atoms with Gasteiger partial charge in [0.05, 0.1) is 0 Å². The average Bonchev–Trinajstić information content (AvgIpc) is 2.45. The third kappa shape index (κ3) is 5.96. The maximum absolute atomic E-state index is 5.71. The molecule has 114 valence electrons.